The molecule has 2 saturated heterocycles. The van der Waals surface area contributed by atoms with Crippen LogP contribution in [0.5, 0.6) is 0 Å². The van der Waals surface area contributed by atoms with Crippen molar-refractivity contribution in [3.8, 4) is 0 Å². The van der Waals surface area contributed by atoms with E-state index in [-0.39, 0.29) is 0 Å². The van der Waals surface area contributed by atoms with Crippen LogP contribution in [0.4, 0.5) is 0 Å². The number of thiophene rings is 1. The lowest BCUT2D eigenvalue weighted by Gasteiger charge is -2.49. The molecule has 0 radical (unpaired) electrons. The Bertz CT molecular complexity index is 412. The van der Waals surface area contributed by atoms with E-state index in [2.05, 4.69) is 28.7 Å². The number of ether oxygens (including phenoxy) is 2. The van der Waals surface area contributed by atoms with Gasteiger partial charge in [0, 0.05) is 25.7 Å². The van der Waals surface area contributed by atoms with E-state index in [0.29, 0.717) is 11.3 Å². The summed E-state index contributed by atoms with van der Waals surface area (Å²) in [5.74, 6) is 0.592. The smallest absolute Gasteiger partial charge is 0.0521 e. The normalized spacial score (nSPS) is 26.2. The van der Waals surface area contributed by atoms with E-state index in [1.54, 1.807) is 11.3 Å². The summed E-state index contributed by atoms with van der Waals surface area (Å²) in [5.41, 5.74) is 1.94. The lowest BCUT2D eigenvalue weighted by molar-refractivity contribution is -0.0993. The molecule has 3 rings (SSSR count). The Morgan fingerprint density at radius 3 is 2.95 bits per heavy atom. The first-order chi connectivity index (χ1) is 10.3. The van der Waals surface area contributed by atoms with Crippen LogP contribution in [0.1, 0.15) is 31.7 Å². The molecule has 0 N–H and O–H groups in total. The summed E-state index contributed by atoms with van der Waals surface area (Å²) >= 11 is 1.80. The largest absolute Gasteiger partial charge is 0.381 e. The molecule has 21 heavy (non-hydrogen) atoms. The minimum Gasteiger partial charge on any atom is -0.381 e. The zero-order valence-electron chi connectivity index (χ0n) is 13.1. The molecule has 1 aromatic rings. The fourth-order valence-corrected chi connectivity index (χ4v) is 4.48. The lowest BCUT2D eigenvalue weighted by Crippen LogP contribution is -2.49. The summed E-state index contributed by atoms with van der Waals surface area (Å²) in [6.07, 6.45) is 3.83. The second kappa shape index (κ2) is 7.23. The van der Waals surface area contributed by atoms with Gasteiger partial charge in [0.25, 0.3) is 0 Å². The maximum Gasteiger partial charge on any atom is 0.0521 e. The summed E-state index contributed by atoms with van der Waals surface area (Å²) in [4.78, 5) is 2.61. The molecule has 3 heterocycles. The Labute approximate surface area is 132 Å². The molecule has 118 valence electrons. The number of nitrogens with zero attached hydrogens (tertiary/aromatic N) is 1. The average molecular weight is 309 g/mol. The van der Waals surface area contributed by atoms with Gasteiger partial charge in [-0.25, -0.2) is 0 Å². The van der Waals surface area contributed by atoms with Crippen molar-refractivity contribution in [2.45, 2.75) is 32.7 Å². The molecule has 4 heteroatoms. The Morgan fingerprint density at radius 1 is 1.38 bits per heavy atom. The second-order valence-corrected chi connectivity index (χ2v) is 7.23. The number of hydrogen-bond acceptors (Lipinski definition) is 4. The van der Waals surface area contributed by atoms with Crippen molar-refractivity contribution in [1.82, 2.24) is 4.90 Å². The van der Waals surface area contributed by atoms with Gasteiger partial charge in [0.1, 0.15) is 0 Å². The molecule has 2 aliphatic heterocycles. The Balaban J connectivity index is 1.56. The predicted molar refractivity (Wildman–Crippen MR) is 86.7 cm³/mol. The summed E-state index contributed by atoms with van der Waals surface area (Å²) in [7, 11) is 0. The SMILES string of the molecule is CCOC[C@H]1COCCC12CCN(Cc1ccsc1)CC2. The van der Waals surface area contributed by atoms with Crippen LogP contribution < -0.4 is 0 Å². The molecule has 0 aromatic carbocycles. The highest BCUT2D eigenvalue weighted by Crippen LogP contribution is 2.45. The van der Waals surface area contributed by atoms with Gasteiger partial charge in [-0.1, -0.05) is 0 Å². The first-order valence-corrected chi connectivity index (χ1v) is 9.15. The zero-order valence-corrected chi connectivity index (χ0v) is 13.9. The van der Waals surface area contributed by atoms with Crippen molar-refractivity contribution in [1.29, 1.82) is 0 Å². The third-order valence-electron chi connectivity index (χ3n) is 5.29. The van der Waals surface area contributed by atoms with E-state index < -0.39 is 0 Å². The summed E-state index contributed by atoms with van der Waals surface area (Å²) < 4.78 is 11.4. The third-order valence-corrected chi connectivity index (χ3v) is 6.02. The number of piperidine rings is 1. The van der Waals surface area contributed by atoms with Crippen LogP contribution in [0.15, 0.2) is 16.8 Å². The number of rotatable bonds is 5. The quantitative estimate of drug-likeness (QED) is 0.832. The van der Waals surface area contributed by atoms with Crippen molar-refractivity contribution in [2.24, 2.45) is 11.3 Å². The molecule has 1 spiro atoms. The zero-order chi connectivity index (χ0) is 14.5. The fraction of sp³-hybridized carbons (Fsp3) is 0.765. The molecule has 2 fully saturated rings. The summed E-state index contributed by atoms with van der Waals surface area (Å²) in [6.45, 7) is 9.17. The fourth-order valence-electron chi connectivity index (χ4n) is 3.82. The molecule has 0 amide bonds. The van der Waals surface area contributed by atoms with Gasteiger partial charge < -0.3 is 9.47 Å². The van der Waals surface area contributed by atoms with Crippen LogP contribution in [0.25, 0.3) is 0 Å². The Morgan fingerprint density at radius 2 is 2.24 bits per heavy atom. The molecular weight excluding hydrogens is 282 g/mol. The van der Waals surface area contributed by atoms with Crippen LogP contribution in [-0.4, -0.2) is 44.4 Å². The maximum atomic E-state index is 5.73. The number of hydrogen-bond donors (Lipinski definition) is 0. The van der Waals surface area contributed by atoms with E-state index in [9.17, 15) is 0 Å². The van der Waals surface area contributed by atoms with Crippen molar-refractivity contribution in [3.63, 3.8) is 0 Å². The maximum absolute atomic E-state index is 5.73. The van der Waals surface area contributed by atoms with E-state index in [1.807, 2.05) is 0 Å². The van der Waals surface area contributed by atoms with Crippen molar-refractivity contribution in [2.75, 3.05) is 39.5 Å². The lowest BCUT2D eigenvalue weighted by atomic mass is 9.66. The predicted octanol–water partition coefficient (Wildman–Crippen LogP) is 3.40. The molecule has 0 saturated carbocycles. The van der Waals surface area contributed by atoms with Gasteiger partial charge in [-0.3, -0.25) is 4.90 Å². The Hall–Kier alpha value is -0.420. The van der Waals surface area contributed by atoms with Crippen molar-refractivity contribution < 1.29 is 9.47 Å². The van der Waals surface area contributed by atoms with E-state index in [4.69, 9.17) is 9.47 Å². The van der Waals surface area contributed by atoms with Crippen LogP contribution in [0.2, 0.25) is 0 Å². The summed E-state index contributed by atoms with van der Waals surface area (Å²) in [6, 6.07) is 2.25. The van der Waals surface area contributed by atoms with Crippen molar-refractivity contribution in [3.05, 3.63) is 22.4 Å². The molecule has 0 aliphatic carbocycles. The minimum absolute atomic E-state index is 0.471. The van der Waals surface area contributed by atoms with Crippen LogP contribution >= 0.6 is 11.3 Å². The highest BCUT2D eigenvalue weighted by atomic mass is 32.1. The molecule has 0 bridgehead atoms. The average Bonchev–Trinajstić information content (AvgIpc) is 3.02. The van der Waals surface area contributed by atoms with Crippen molar-refractivity contribution >= 4 is 11.3 Å². The van der Waals surface area contributed by atoms with Crippen LogP contribution in [0.3, 0.4) is 0 Å². The molecule has 3 nitrogen and oxygen atoms in total. The Kier molecular flexibility index (Phi) is 5.33. The molecular formula is C17H27NO2S. The van der Waals surface area contributed by atoms with Gasteiger partial charge >= 0.3 is 0 Å². The summed E-state index contributed by atoms with van der Waals surface area (Å²) in [5, 5.41) is 4.45. The topological polar surface area (TPSA) is 21.7 Å². The monoisotopic (exact) mass is 309 g/mol. The van der Waals surface area contributed by atoms with Gasteiger partial charge in [-0.05, 0) is 67.1 Å². The molecule has 1 aromatic heterocycles. The number of likely N-dealkylation sites (tertiary alicyclic amines) is 1. The van der Waals surface area contributed by atoms with E-state index in [0.717, 1.165) is 33.0 Å². The van der Waals surface area contributed by atoms with Gasteiger partial charge in [-0.15, -0.1) is 0 Å². The standard InChI is InChI=1S/C17H27NO2S/c1-2-19-12-16-13-20-9-6-17(16)4-7-18(8-5-17)11-15-3-10-21-14-15/h3,10,14,16H,2,4-9,11-13H2,1H3/t16-/m0/s1. The van der Waals surface area contributed by atoms with Crippen LogP contribution in [-0.2, 0) is 16.0 Å². The van der Waals surface area contributed by atoms with E-state index in [1.165, 1.54) is 37.9 Å². The van der Waals surface area contributed by atoms with Gasteiger partial charge in [0.05, 0.1) is 13.2 Å². The van der Waals surface area contributed by atoms with Crippen LogP contribution in [0, 0.1) is 11.3 Å². The molecule has 1 atom stereocenters. The third kappa shape index (κ3) is 3.67. The first-order valence-electron chi connectivity index (χ1n) is 8.21. The minimum atomic E-state index is 0.471. The van der Waals surface area contributed by atoms with Gasteiger partial charge in [-0.2, -0.15) is 11.3 Å². The highest BCUT2D eigenvalue weighted by molar-refractivity contribution is 7.07. The molecule has 0 unspecified atom stereocenters. The molecule has 2 aliphatic rings. The van der Waals surface area contributed by atoms with Gasteiger partial charge in [0.2, 0.25) is 0 Å². The highest BCUT2D eigenvalue weighted by Gasteiger charge is 2.43. The van der Waals surface area contributed by atoms with Gasteiger partial charge in [0.15, 0.2) is 0 Å². The second-order valence-electron chi connectivity index (χ2n) is 6.45. The first kappa shape index (κ1) is 15.5. The van der Waals surface area contributed by atoms with E-state index >= 15 is 0 Å².